The molecule has 0 saturated heterocycles. The Bertz CT molecular complexity index is 443. The summed E-state index contributed by atoms with van der Waals surface area (Å²) in [7, 11) is 0. The van der Waals surface area contributed by atoms with Crippen LogP contribution in [0, 0.1) is 5.92 Å². The normalized spacial score (nSPS) is 12.4. The van der Waals surface area contributed by atoms with Gasteiger partial charge in [0.15, 0.2) is 0 Å². The second kappa shape index (κ2) is 6.83. The first-order chi connectivity index (χ1) is 8.92. The molecule has 0 spiro atoms. The van der Waals surface area contributed by atoms with E-state index in [1.807, 2.05) is 13.8 Å². The van der Waals surface area contributed by atoms with Crippen molar-refractivity contribution >= 4 is 11.9 Å². The molecule has 1 atom stereocenters. The minimum atomic E-state index is -1.04. The van der Waals surface area contributed by atoms with Gasteiger partial charge in [-0.25, -0.2) is 9.48 Å². The quantitative estimate of drug-likeness (QED) is 0.604. The van der Waals surface area contributed by atoms with E-state index in [2.05, 4.69) is 15.6 Å². The predicted octanol–water partition coefficient (Wildman–Crippen LogP) is -0.648. The zero-order valence-corrected chi connectivity index (χ0v) is 11.0. The summed E-state index contributed by atoms with van der Waals surface area (Å²) in [5.41, 5.74) is 5.95. The van der Waals surface area contributed by atoms with E-state index >= 15 is 0 Å². The van der Waals surface area contributed by atoms with Crippen molar-refractivity contribution in [3.05, 3.63) is 11.9 Å². The number of carbonyl (C=O) groups is 2. The summed E-state index contributed by atoms with van der Waals surface area (Å²) in [6.07, 6.45) is 1.93. The van der Waals surface area contributed by atoms with Crippen LogP contribution in [0.5, 0.6) is 0 Å². The molecule has 0 aromatic carbocycles. The highest BCUT2D eigenvalue weighted by atomic mass is 16.4. The van der Waals surface area contributed by atoms with E-state index < -0.39 is 17.9 Å². The average molecular weight is 269 g/mol. The lowest BCUT2D eigenvalue weighted by molar-refractivity contribution is -0.142. The van der Waals surface area contributed by atoms with Crippen LogP contribution in [0.4, 0.5) is 0 Å². The molecule has 1 amide bonds. The van der Waals surface area contributed by atoms with Crippen LogP contribution in [0.2, 0.25) is 0 Å². The van der Waals surface area contributed by atoms with Gasteiger partial charge in [0, 0.05) is 6.54 Å². The molecule has 4 N–H and O–H groups in total. The molecule has 8 heteroatoms. The molecule has 1 rings (SSSR count). The summed E-state index contributed by atoms with van der Waals surface area (Å²) in [5, 5.41) is 18.9. The molecule has 1 heterocycles. The number of nitrogens with zero attached hydrogens (tertiary/aromatic N) is 3. The summed E-state index contributed by atoms with van der Waals surface area (Å²) < 4.78 is 1.33. The highest BCUT2D eigenvalue weighted by Crippen LogP contribution is 2.05. The molecule has 0 fully saturated rings. The third-order valence-corrected chi connectivity index (χ3v) is 2.44. The van der Waals surface area contributed by atoms with Gasteiger partial charge in [-0.3, -0.25) is 4.79 Å². The van der Waals surface area contributed by atoms with E-state index in [9.17, 15) is 9.59 Å². The van der Waals surface area contributed by atoms with Gasteiger partial charge in [-0.15, -0.1) is 5.10 Å². The Morgan fingerprint density at radius 3 is 2.68 bits per heavy atom. The van der Waals surface area contributed by atoms with E-state index in [0.717, 1.165) is 0 Å². The number of carboxylic acid groups (broad SMARTS) is 1. The molecule has 0 aliphatic rings. The molecule has 0 bridgehead atoms. The first-order valence-electron chi connectivity index (χ1n) is 6.03. The molecule has 1 aromatic rings. The lowest BCUT2D eigenvalue weighted by Gasteiger charge is -2.16. The van der Waals surface area contributed by atoms with Crippen molar-refractivity contribution in [2.45, 2.75) is 39.4 Å². The number of aliphatic carboxylic acids is 1. The Hall–Kier alpha value is -1.96. The van der Waals surface area contributed by atoms with Crippen LogP contribution in [0.15, 0.2) is 6.20 Å². The summed E-state index contributed by atoms with van der Waals surface area (Å²) in [4.78, 5) is 22.7. The monoisotopic (exact) mass is 269 g/mol. The molecule has 0 saturated carbocycles. The van der Waals surface area contributed by atoms with Gasteiger partial charge in [-0.05, 0) is 12.3 Å². The minimum Gasteiger partial charge on any atom is -0.480 e. The first-order valence-corrected chi connectivity index (χ1v) is 6.03. The van der Waals surface area contributed by atoms with Gasteiger partial charge in [0.25, 0.3) is 0 Å². The lowest BCUT2D eigenvalue weighted by Crippen LogP contribution is -2.43. The number of hydrogen-bond acceptors (Lipinski definition) is 5. The van der Waals surface area contributed by atoms with E-state index in [1.165, 1.54) is 4.68 Å². The van der Waals surface area contributed by atoms with Gasteiger partial charge >= 0.3 is 5.97 Å². The van der Waals surface area contributed by atoms with Gasteiger partial charge in [0.1, 0.15) is 12.6 Å². The molecule has 8 nitrogen and oxygen atoms in total. The van der Waals surface area contributed by atoms with Crippen molar-refractivity contribution in [2.24, 2.45) is 11.7 Å². The zero-order chi connectivity index (χ0) is 14.4. The zero-order valence-electron chi connectivity index (χ0n) is 11.0. The summed E-state index contributed by atoms with van der Waals surface area (Å²) in [6, 6.07) is -0.884. The Labute approximate surface area is 111 Å². The van der Waals surface area contributed by atoms with E-state index in [-0.39, 0.29) is 19.0 Å². The average Bonchev–Trinajstić information content (AvgIpc) is 2.75. The highest BCUT2D eigenvalue weighted by molar-refractivity contribution is 5.83. The molecule has 0 radical (unpaired) electrons. The standard InChI is InChI=1S/C11H19N5O3/c1-7(2)3-9(11(18)19)13-10(17)6-16-5-8(4-12)14-15-16/h5,7,9H,3-4,6,12H2,1-2H3,(H,13,17)(H,18,19)/t9-/m0/s1. The smallest absolute Gasteiger partial charge is 0.326 e. The number of aromatic nitrogens is 3. The van der Waals surface area contributed by atoms with Gasteiger partial charge in [0.2, 0.25) is 5.91 Å². The van der Waals surface area contributed by atoms with Crippen molar-refractivity contribution in [1.29, 1.82) is 0 Å². The third kappa shape index (κ3) is 5.04. The Morgan fingerprint density at radius 1 is 1.53 bits per heavy atom. The Balaban J connectivity index is 2.54. The number of amides is 1. The summed E-state index contributed by atoms with van der Waals surface area (Å²) in [5.74, 6) is -1.28. The van der Waals surface area contributed by atoms with Crippen LogP contribution in [0.25, 0.3) is 0 Å². The fourth-order valence-corrected chi connectivity index (χ4v) is 1.59. The van der Waals surface area contributed by atoms with E-state index in [1.54, 1.807) is 6.20 Å². The fourth-order valence-electron chi connectivity index (χ4n) is 1.59. The highest BCUT2D eigenvalue weighted by Gasteiger charge is 2.21. The van der Waals surface area contributed by atoms with Gasteiger partial charge in [-0.2, -0.15) is 0 Å². The molecule has 0 unspecified atom stereocenters. The van der Waals surface area contributed by atoms with E-state index in [0.29, 0.717) is 12.1 Å². The number of hydrogen-bond donors (Lipinski definition) is 3. The number of nitrogens with one attached hydrogen (secondary N) is 1. The number of carboxylic acids is 1. The van der Waals surface area contributed by atoms with Crippen molar-refractivity contribution in [3.63, 3.8) is 0 Å². The largest absolute Gasteiger partial charge is 0.480 e. The number of carbonyl (C=O) groups excluding carboxylic acids is 1. The van der Waals surface area contributed by atoms with Crippen LogP contribution >= 0.6 is 0 Å². The number of rotatable bonds is 7. The van der Waals surface area contributed by atoms with Gasteiger partial charge in [-0.1, -0.05) is 19.1 Å². The molecule has 0 aliphatic heterocycles. The molecule has 19 heavy (non-hydrogen) atoms. The molecule has 0 aliphatic carbocycles. The van der Waals surface area contributed by atoms with Gasteiger partial charge < -0.3 is 16.2 Å². The minimum absolute atomic E-state index is 0.0745. The predicted molar refractivity (Wildman–Crippen MR) is 66.9 cm³/mol. The van der Waals surface area contributed by atoms with Crippen LogP contribution in [-0.2, 0) is 22.7 Å². The SMILES string of the molecule is CC(C)C[C@H](NC(=O)Cn1cc(CN)nn1)C(=O)O. The lowest BCUT2D eigenvalue weighted by atomic mass is 10.0. The Morgan fingerprint density at radius 2 is 2.21 bits per heavy atom. The first kappa shape index (κ1) is 15.1. The maximum absolute atomic E-state index is 11.7. The third-order valence-electron chi connectivity index (χ3n) is 2.44. The summed E-state index contributed by atoms with van der Waals surface area (Å²) >= 11 is 0. The topological polar surface area (TPSA) is 123 Å². The van der Waals surface area contributed by atoms with E-state index in [4.69, 9.17) is 10.8 Å². The van der Waals surface area contributed by atoms with Crippen LogP contribution < -0.4 is 11.1 Å². The van der Waals surface area contributed by atoms with Crippen molar-refractivity contribution in [1.82, 2.24) is 20.3 Å². The number of nitrogens with two attached hydrogens (primary N) is 1. The fraction of sp³-hybridized carbons (Fsp3) is 0.636. The maximum atomic E-state index is 11.7. The van der Waals surface area contributed by atoms with Crippen LogP contribution in [0.3, 0.4) is 0 Å². The second-order valence-electron chi connectivity index (χ2n) is 4.70. The molecular formula is C11H19N5O3. The molecule has 106 valence electrons. The molecular weight excluding hydrogens is 250 g/mol. The van der Waals surface area contributed by atoms with Crippen LogP contribution in [-0.4, -0.2) is 38.0 Å². The summed E-state index contributed by atoms with van der Waals surface area (Å²) in [6.45, 7) is 3.96. The maximum Gasteiger partial charge on any atom is 0.326 e. The van der Waals surface area contributed by atoms with Crippen molar-refractivity contribution < 1.29 is 14.7 Å². The van der Waals surface area contributed by atoms with Crippen LogP contribution in [0.1, 0.15) is 26.0 Å². The van der Waals surface area contributed by atoms with Crippen molar-refractivity contribution in [3.8, 4) is 0 Å². The second-order valence-corrected chi connectivity index (χ2v) is 4.70. The van der Waals surface area contributed by atoms with Crippen molar-refractivity contribution in [2.75, 3.05) is 0 Å². The molecule has 1 aromatic heterocycles. The van der Waals surface area contributed by atoms with Gasteiger partial charge in [0.05, 0.1) is 11.9 Å². The Kier molecular flexibility index (Phi) is 5.43.